The molecule has 1 saturated heterocycles. The van der Waals surface area contributed by atoms with E-state index in [4.69, 9.17) is 21.3 Å². The second-order valence-corrected chi connectivity index (χ2v) is 9.08. The van der Waals surface area contributed by atoms with Crippen LogP contribution < -0.4 is 10.4 Å². The molecule has 1 atom stereocenters. The first-order valence-corrected chi connectivity index (χ1v) is 12.2. The lowest BCUT2D eigenvalue weighted by molar-refractivity contribution is -0.279. The van der Waals surface area contributed by atoms with Crippen molar-refractivity contribution >= 4 is 34.7 Å². The Labute approximate surface area is 227 Å². The summed E-state index contributed by atoms with van der Waals surface area (Å²) in [6.07, 6.45) is 1.73. The zero-order valence-electron chi connectivity index (χ0n) is 20.7. The summed E-state index contributed by atoms with van der Waals surface area (Å²) in [6.45, 7) is 1.10. The number of rotatable bonds is 8. The summed E-state index contributed by atoms with van der Waals surface area (Å²) >= 11 is 6.23. The third-order valence-electron chi connectivity index (χ3n) is 6.02. The number of nitrogens with zero attached hydrogens (tertiary/aromatic N) is 6. The number of halogens is 2. The molecule has 1 amide bonds. The van der Waals surface area contributed by atoms with Crippen molar-refractivity contribution in [2.75, 3.05) is 23.8 Å². The van der Waals surface area contributed by atoms with Crippen LogP contribution in [0.25, 0.3) is 5.69 Å². The van der Waals surface area contributed by atoms with Crippen LogP contribution in [-0.2, 0) is 20.9 Å². The molecule has 200 valence electrons. The van der Waals surface area contributed by atoms with Crippen LogP contribution in [0.5, 0.6) is 0 Å². The average Bonchev–Trinajstić information content (AvgIpc) is 3.47. The molecule has 2 heterocycles. The van der Waals surface area contributed by atoms with Crippen molar-refractivity contribution in [1.29, 1.82) is 0 Å². The number of tetrazole rings is 1. The minimum absolute atomic E-state index is 0.0521. The summed E-state index contributed by atoms with van der Waals surface area (Å²) in [5.74, 6) is -1.56. The molecular formula is C26H23ClFN7O4. The van der Waals surface area contributed by atoms with Crippen LogP contribution in [0.2, 0.25) is 5.02 Å². The molecule has 1 fully saturated rings. The van der Waals surface area contributed by atoms with Crippen molar-refractivity contribution in [3.63, 3.8) is 0 Å². The highest BCUT2D eigenvalue weighted by atomic mass is 35.5. The molecule has 1 aromatic heterocycles. The first kappa shape index (κ1) is 26.4. The normalized spacial score (nSPS) is 14.7. The predicted molar refractivity (Wildman–Crippen MR) is 139 cm³/mol. The standard InChI is InChI=1S/C26H23ClFN7O4/c1-17(36)21-9-8-20(13-22(21)28)30-26(37)25(11-18-5-3-2-4-6-18)35-16-38-34(15-39-35)24-12-19(27)7-10-23(24)33-14-29-31-32-33/h2-10,12-14,25H,11,15-16H2,1H3,(H,30,37). The molecule has 0 bridgehead atoms. The molecule has 3 aromatic carbocycles. The number of anilines is 2. The van der Waals surface area contributed by atoms with Gasteiger partial charge in [-0.1, -0.05) is 41.9 Å². The highest BCUT2D eigenvalue weighted by molar-refractivity contribution is 6.31. The second kappa shape index (κ2) is 11.7. The van der Waals surface area contributed by atoms with Gasteiger partial charge in [0.2, 0.25) is 5.91 Å². The Balaban J connectivity index is 1.34. The fraction of sp³-hybridized carbons (Fsp3) is 0.192. The first-order valence-electron chi connectivity index (χ1n) is 11.9. The van der Waals surface area contributed by atoms with Gasteiger partial charge in [-0.15, -0.1) is 10.2 Å². The Kier molecular flexibility index (Phi) is 7.89. The van der Waals surface area contributed by atoms with E-state index < -0.39 is 23.5 Å². The lowest BCUT2D eigenvalue weighted by Crippen LogP contribution is -2.52. The molecule has 0 saturated carbocycles. The number of carbonyl (C=O) groups is 2. The van der Waals surface area contributed by atoms with E-state index in [1.54, 1.807) is 18.2 Å². The van der Waals surface area contributed by atoms with Crippen molar-refractivity contribution in [1.82, 2.24) is 25.3 Å². The van der Waals surface area contributed by atoms with Crippen molar-refractivity contribution in [3.05, 3.63) is 95.0 Å². The lowest BCUT2D eigenvalue weighted by atomic mass is 10.0. The topological polar surface area (TPSA) is 115 Å². The van der Waals surface area contributed by atoms with Gasteiger partial charge >= 0.3 is 0 Å². The largest absolute Gasteiger partial charge is 0.325 e. The molecular weight excluding hydrogens is 529 g/mol. The van der Waals surface area contributed by atoms with Gasteiger partial charge in [0, 0.05) is 10.7 Å². The van der Waals surface area contributed by atoms with Gasteiger partial charge in [0.25, 0.3) is 0 Å². The van der Waals surface area contributed by atoms with Gasteiger partial charge in [0.05, 0.1) is 16.9 Å². The summed E-state index contributed by atoms with van der Waals surface area (Å²) in [7, 11) is 0. The molecule has 4 aromatic rings. The van der Waals surface area contributed by atoms with Crippen LogP contribution in [0.15, 0.2) is 73.1 Å². The number of nitrogens with one attached hydrogen (secondary N) is 1. The average molecular weight is 552 g/mol. The molecule has 13 heteroatoms. The number of hydrogen-bond donors (Lipinski definition) is 1. The number of aromatic nitrogens is 4. The van der Waals surface area contributed by atoms with Gasteiger partial charge in [-0.05, 0) is 65.7 Å². The van der Waals surface area contributed by atoms with Crippen LogP contribution in [-0.4, -0.2) is 56.5 Å². The minimum Gasteiger partial charge on any atom is -0.325 e. The van der Waals surface area contributed by atoms with Crippen LogP contribution in [0.3, 0.4) is 0 Å². The Hall–Kier alpha value is -4.23. The number of Topliss-reactive ketones (excluding diaryl/α,β-unsaturated/α-hetero) is 1. The van der Waals surface area contributed by atoms with Crippen LogP contribution in [0.4, 0.5) is 15.8 Å². The van der Waals surface area contributed by atoms with E-state index >= 15 is 0 Å². The molecule has 1 N–H and O–H groups in total. The zero-order chi connectivity index (χ0) is 27.4. The Morgan fingerprint density at radius 2 is 1.87 bits per heavy atom. The summed E-state index contributed by atoms with van der Waals surface area (Å²) in [6, 6.07) is 17.6. The minimum atomic E-state index is -0.830. The van der Waals surface area contributed by atoms with Crippen LogP contribution >= 0.6 is 11.6 Å². The van der Waals surface area contributed by atoms with E-state index in [1.165, 1.54) is 40.2 Å². The van der Waals surface area contributed by atoms with E-state index in [2.05, 4.69) is 20.8 Å². The molecule has 1 aliphatic heterocycles. The van der Waals surface area contributed by atoms with Crippen LogP contribution in [0, 0.1) is 5.82 Å². The van der Waals surface area contributed by atoms with Gasteiger partial charge in [-0.25, -0.2) is 9.45 Å². The Morgan fingerprint density at radius 3 is 2.54 bits per heavy atom. The molecule has 1 unspecified atom stereocenters. The van der Waals surface area contributed by atoms with Gasteiger partial charge in [0.15, 0.2) is 19.2 Å². The highest BCUT2D eigenvalue weighted by Gasteiger charge is 2.33. The number of benzene rings is 3. The smallest absolute Gasteiger partial charge is 0.244 e. The van der Waals surface area contributed by atoms with E-state index in [0.29, 0.717) is 16.4 Å². The van der Waals surface area contributed by atoms with Gasteiger partial charge in [0.1, 0.15) is 18.2 Å². The molecule has 1 aliphatic rings. The van der Waals surface area contributed by atoms with E-state index in [-0.39, 0.29) is 31.1 Å². The number of hydrogen-bond acceptors (Lipinski definition) is 9. The van der Waals surface area contributed by atoms with E-state index in [9.17, 15) is 14.0 Å². The van der Waals surface area contributed by atoms with Gasteiger partial charge in [-0.2, -0.15) is 4.68 Å². The van der Waals surface area contributed by atoms with Crippen molar-refractivity contribution in [2.24, 2.45) is 0 Å². The predicted octanol–water partition coefficient (Wildman–Crippen LogP) is 3.81. The molecule has 11 nitrogen and oxygen atoms in total. The van der Waals surface area contributed by atoms with Crippen molar-refractivity contribution in [3.8, 4) is 5.69 Å². The maximum atomic E-state index is 14.4. The Bertz CT molecular complexity index is 1460. The lowest BCUT2D eigenvalue weighted by Gasteiger charge is -2.38. The SMILES string of the molecule is CC(=O)c1ccc(NC(=O)C(Cc2ccccc2)N2CON(c3cc(Cl)ccc3-n3cnnn3)CO2)cc1F. The summed E-state index contributed by atoms with van der Waals surface area (Å²) < 4.78 is 15.8. The third-order valence-corrected chi connectivity index (χ3v) is 6.26. The van der Waals surface area contributed by atoms with E-state index in [1.807, 2.05) is 30.3 Å². The summed E-state index contributed by atoms with van der Waals surface area (Å²) in [5.41, 5.74) is 2.21. The first-order chi connectivity index (χ1) is 18.9. The fourth-order valence-corrected chi connectivity index (χ4v) is 4.24. The fourth-order valence-electron chi connectivity index (χ4n) is 4.08. The van der Waals surface area contributed by atoms with Crippen molar-refractivity contribution in [2.45, 2.75) is 19.4 Å². The highest BCUT2D eigenvalue weighted by Crippen LogP contribution is 2.30. The number of carbonyl (C=O) groups excluding carboxylic acids is 2. The third kappa shape index (κ3) is 6.10. The molecule has 0 spiro atoms. The number of hydroxylamine groups is 3. The molecule has 5 rings (SSSR count). The monoisotopic (exact) mass is 551 g/mol. The summed E-state index contributed by atoms with van der Waals surface area (Å²) in [5, 5.41) is 17.4. The van der Waals surface area contributed by atoms with E-state index in [0.717, 1.165) is 11.6 Å². The second-order valence-electron chi connectivity index (χ2n) is 8.64. The number of ketones is 1. The maximum absolute atomic E-state index is 14.4. The molecule has 39 heavy (non-hydrogen) atoms. The Morgan fingerprint density at radius 1 is 1.05 bits per heavy atom. The van der Waals surface area contributed by atoms with Gasteiger partial charge < -0.3 is 5.32 Å². The maximum Gasteiger partial charge on any atom is 0.244 e. The van der Waals surface area contributed by atoms with Crippen LogP contribution in [0.1, 0.15) is 22.8 Å². The number of amides is 1. The zero-order valence-corrected chi connectivity index (χ0v) is 21.5. The summed E-state index contributed by atoms with van der Waals surface area (Å²) in [4.78, 5) is 36.9. The van der Waals surface area contributed by atoms with Crippen molar-refractivity contribution < 1.29 is 23.7 Å². The molecule has 0 aliphatic carbocycles. The quantitative estimate of drug-likeness (QED) is 0.326. The molecule has 0 radical (unpaired) electrons. The van der Waals surface area contributed by atoms with Gasteiger partial charge in [-0.3, -0.25) is 19.3 Å².